The van der Waals surface area contributed by atoms with Gasteiger partial charge in [-0.25, -0.2) is 4.99 Å². The summed E-state index contributed by atoms with van der Waals surface area (Å²) in [7, 11) is 0. The molecule has 0 spiro atoms. The van der Waals surface area contributed by atoms with Crippen molar-refractivity contribution in [2.24, 2.45) is 4.99 Å². The number of nitrogens with one attached hydrogen (secondary N) is 2. The lowest BCUT2D eigenvalue weighted by molar-refractivity contribution is 0.790. The van der Waals surface area contributed by atoms with Gasteiger partial charge < -0.3 is 10.6 Å². The molecule has 1 heterocycles. The Bertz CT molecular complexity index is 607. The van der Waals surface area contributed by atoms with E-state index in [-0.39, 0.29) is 0 Å². The molecule has 0 aliphatic rings. The second-order valence-corrected chi connectivity index (χ2v) is 5.94. The van der Waals surface area contributed by atoms with Gasteiger partial charge in [-0.05, 0) is 43.0 Å². The van der Waals surface area contributed by atoms with Crippen LogP contribution >= 0.6 is 11.8 Å². The number of fused-ring (bicyclic) bond motifs is 1. The van der Waals surface area contributed by atoms with Gasteiger partial charge in [0.05, 0.1) is 12.1 Å². The molecule has 5 heteroatoms. The fraction of sp³-hybridized carbons (Fsp3) is 0.412. The van der Waals surface area contributed by atoms with E-state index in [1.54, 1.807) is 0 Å². The van der Waals surface area contributed by atoms with Crippen molar-refractivity contribution < 1.29 is 0 Å². The number of guanidine groups is 1. The van der Waals surface area contributed by atoms with Crippen molar-refractivity contribution in [2.75, 3.05) is 25.1 Å². The zero-order valence-electron chi connectivity index (χ0n) is 13.3. The molecule has 2 rings (SSSR count). The van der Waals surface area contributed by atoms with Gasteiger partial charge in [0.1, 0.15) is 0 Å². The minimum atomic E-state index is 0.654. The fourth-order valence-electron chi connectivity index (χ4n) is 2.22. The number of nitrogens with zero attached hydrogens (tertiary/aromatic N) is 2. The Morgan fingerprint density at radius 3 is 2.91 bits per heavy atom. The van der Waals surface area contributed by atoms with Crippen LogP contribution < -0.4 is 10.6 Å². The molecule has 0 fully saturated rings. The number of pyridine rings is 1. The topological polar surface area (TPSA) is 49.3 Å². The monoisotopic (exact) mass is 316 g/mol. The summed E-state index contributed by atoms with van der Waals surface area (Å²) >= 11 is 1.87. The smallest absolute Gasteiger partial charge is 0.191 e. The molecule has 0 aliphatic heterocycles. The number of benzene rings is 1. The first kappa shape index (κ1) is 16.6. The van der Waals surface area contributed by atoms with Crippen LogP contribution in [0.4, 0.5) is 0 Å². The summed E-state index contributed by atoms with van der Waals surface area (Å²) < 4.78 is 0. The van der Waals surface area contributed by atoms with E-state index in [0.29, 0.717) is 6.54 Å². The maximum Gasteiger partial charge on any atom is 0.191 e. The number of thioether (sulfide) groups is 1. The lowest BCUT2D eigenvalue weighted by Crippen LogP contribution is -2.37. The molecule has 1 aromatic carbocycles. The van der Waals surface area contributed by atoms with E-state index in [4.69, 9.17) is 4.99 Å². The molecule has 0 atom stereocenters. The molecule has 0 bridgehead atoms. The molecule has 2 aromatic rings. The zero-order valence-corrected chi connectivity index (χ0v) is 14.1. The largest absolute Gasteiger partial charge is 0.357 e. The summed E-state index contributed by atoms with van der Waals surface area (Å²) in [5, 5.41) is 7.85. The van der Waals surface area contributed by atoms with Gasteiger partial charge in [0, 0.05) is 24.7 Å². The van der Waals surface area contributed by atoms with E-state index in [0.717, 1.165) is 31.0 Å². The third-order valence-electron chi connectivity index (χ3n) is 3.31. The maximum atomic E-state index is 4.69. The van der Waals surface area contributed by atoms with Crippen LogP contribution in [0.3, 0.4) is 0 Å². The van der Waals surface area contributed by atoms with Crippen molar-refractivity contribution in [1.29, 1.82) is 0 Å². The van der Waals surface area contributed by atoms with Gasteiger partial charge >= 0.3 is 0 Å². The van der Waals surface area contributed by atoms with Crippen LogP contribution in [-0.2, 0) is 6.54 Å². The highest BCUT2D eigenvalue weighted by molar-refractivity contribution is 7.98. The molecule has 0 unspecified atom stereocenters. The highest BCUT2D eigenvalue weighted by atomic mass is 32.2. The predicted molar refractivity (Wildman–Crippen MR) is 97.6 cm³/mol. The summed E-state index contributed by atoms with van der Waals surface area (Å²) in [5.41, 5.74) is 2.22. The molecule has 22 heavy (non-hydrogen) atoms. The van der Waals surface area contributed by atoms with Crippen LogP contribution in [0.5, 0.6) is 0 Å². The number of para-hydroxylation sites is 1. The third-order valence-corrected chi connectivity index (χ3v) is 4.01. The molecular formula is C17H24N4S. The van der Waals surface area contributed by atoms with Crippen molar-refractivity contribution >= 4 is 28.6 Å². The average molecular weight is 316 g/mol. The average Bonchev–Trinajstić information content (AvgIpc) is 2.56. The fourth-order valence-corrected chi connectivity index (χ4v) is 2.66. The second-order valence-electron chi connectivity index (χ2n) is 4.96. The first-order valence-corrected chi connectivity index (χ1v) is 9.08. The van der Waals surface area contributed by atoms with Crippen LogP contribution in [0.15, 0.2) is 41.5 Å². The van der Waals surface area contributed by atoms with Crippen molar-refractivity contribution in [1.82, 2.24) is 15.6 Å². The van der Waals surface area contributed by atoms with Crippen LogP contribution in [0.1, 0.15) is 18.9 Å². The number of hydrogen-bond donors (Lipinski definition) is 2. The summed E-state index contributed by atoms with van der Waals surface area (Å²) in [6, 6.07) is 10.2. The second kappa shape index (κ2) is 9.30. The van der Waals surface area contributed by atoms with Gasteiger partial charge in [-0.1, -0.05) is 18.2 Å². The minimum Gasteiger partial charge on any atom is -0.357 e. The standard InChI is InChI=1S/C17H24N4S/c1-3-18-17(20-10-6-12-22-2)21-13-14-9-11-19-16-8-5-4-7-15(14)16/h4-5,7-9,11H,3,6,10,12-13H2,1-2H3,(H2,18,20,21). The van der Waals surface area contributed by atoms with E-state index in [9.17, 15) is 0 Å². The molecule has 0 radical (unpaired) electrons. The molecule has 0 saturated carbocycles. The maximum absolute atomic E-state index is 4.69. The van der Waals surface area contributed by atoms with Gasteiger partial charge in [-0.2, -0.15) is 11.8 Å². The van der Waals surface area contributed by atoms with Gasteiger partial charge in [0.2, 0.25) is 0 Å². The summed E-state index contributed by atoms with van der Waals surface area (Å²) in [6.45, 7) is 4.55. The number of rotatable bonds is 7. The Morgan fingerprint density at radius 2 is 2.09 bits per heavy atom. The van der Waals surface area contributed by atoms with Crippen LogP contribution in [-0.4, -0.2) is 36.0 Å². The van der Waals surface area contributed by atoms with Gasteiger partial charge in [-0.15, -0.1) is 0 Å². The van der Waals surface area contributed by atoms with Crippen molar-refractivity contribution in [3.05, 3.63) is 42.1 Å². The lowest BCUT2D eigenvalue weighted by atomic mass is 10.1. The Kier molecular flexibility index (Phi) is 7.03. The predicted octanol–water partition coefficient (Wildman–Crippen LogP) is 3.04. The van der Waals surface area contributed by atoms with Gasteiger partial charge in [0.15, 0.2) is 5.96 Å². The first-order valence-electron chi connectivity index (χ1n) is 7.69. The molecule has 0 amide bonds. The highest BCUT2D eigenvalue weighted by Crippen LogP contribution is 2.16. The summed E-state index contributed by atoms with van der Waals surface area (Å²) in [6.07, 6.45) is 5.13. The first-order chi connectivity index (χ1) is 10.8. The SMILES string of the molecule is CCNC(=NCc1ccnc2ccccc12)NCCCSC. The molecule has 0 aliphatic carbocycles. The molecule has 4 nitrogen and oxygen atoms in total. The highest BCUT2D eigenvalue weighted by Gasteiger charge is 2.02. The Labute approximate surface area is 136 Å². The van der Waals surface area contributed by atoms with Crippen LogP contribution in [0, 0.1) is 0 Å². The van der Waals surface area contributed by atoms with E-state index < -0.39 is 0 Å². The summed E-state index contributed by atoms with van der Waals surface area (Å²) in [5.74, 6) is 2.05. The van der Waals surface area contributed by atoms with Crippen molar-refractivity contribution in [3.63, 3.8) is 0 Å². The van der Waals surface area contributed by atoms with Gasteiger partial charge in [-0.3, -0.25) is 4.98 Å². The number of aliphatic imine (C=N–C) groups is 1. The number of hydrogen-bond acceptors (Lipinski definition) is 3. The Morgan fingerprint density at radius 1 is 1.23 bits per heavy atom. The zero-order chi connectivity index (χ0) is 15.6. The van der Waals surface area contributed by atoms with E-state index >= 15 is 0 Å². The molecule has 0 saturated heterocycles. The molecule has 2 N–H and O–H groups in total. The Balaban J connectivity index is 2.05. The van der Waals surface area contributed by atoms with Crippen molar-refractivity contribution in [3.8, 4) is 0 Å². The molecule has 118 valence electrons. The normalized spacial score (nSPS) is 11.6. The molecule has 1 aromatic heterocycles. The lowest BCUT2D eigenvalue weighted by Gasteiger charge is -2.11. The Hall–Kier alpha value is -1.75. The van der Waals surface area contributed by atoms with E-state index in [1.807, 2.05) is 42.2 Å². The summed E-state index contributed by atoms with van der Waals surface area (Å²) in [4.78, 5) is 9.08. The minimum absolute atomic E-state index is 0.654. The van der Waals surface area contributed by atoms with E-state index in [1.165, 1.54) is 16.7 Å². The van der Waals surface area contributed by atoms with Gasteiger partial charge in [0.25, 0.3) is 0 Å². The van der Waals surface area contributed by atoms with Crippen molar-refractivity contribution in [2.45, 2.75) is 19.9 Å². The quantitative estimate of drug-likeness (QED) is 0.468. The molecular weight excluding hydrogens is 292 g/mol. The third kappa shape index (κ3) is 4.91. The van der Waals surface area contributed by atoms with Crippen LogP contribution in [0.25, 0.3) is 10.9 Å². The number of aromatic nitrogens is 1. The van der Waals surface area contributed by atoms with Crippen LogP contribution in [0.2, 0.25) is 0 Å². The van der Waals surface area contributed by atoms with E-state index in [2.05, 4.69) is 34.9 Å².